The van der Waals surface area contributed by atoms with Gasteiger partial charge in [-0.25, -0.2) is 9.18 Å². The number of ether oxygens (including phenoxy) is 2. The Labute approximate surface area is 112 Å². The zero-order valence-corrected chi connectivity index (χ0v) is 11.4. The summed E-state index contributed by atoms with van der Waals surface area (Å²) in [5.74, 6) is -1.14. The molecule has 2 atom stereocenters. The second kappa shape index (κ2) is 7.09. The van der Waals surface area contributed by atoms with Crippen LogP contribution in [0.4, 0.5) is 4.39 Å². The van der Waals surface area contributed by atoms with Crippen LogP contribution in [0.3, 0.4) is 0 Å². The fourth-order valence-corrected chi connectivity index (χ4v) is 1.56. The number of aliphatic hydroxyl groups excluding tert-OH is 1. The molecule has 0 fully saturated rings. The molecule has 0 radical (unpaired) electrons. The average Bonchev–Trinajstić information content (AvgIpc) is 2.37. The Balaban J connectivity index is 2.83. The van der Waals surface area contributed by atoms with E-state index in [9.17, 15) is 14.3 Å². The maximum Gasteiger partial charge on any atom is 0.347 e. The third-order valence-corrected chi connectivity index (χ3v) is 2.63. The Morgan fingerprint density at radius 1 is 1.42 bits per heavy atom. The van der Waals surface area contributed by atoms with Crippen molar-refractivity contribution >= 4 is 5.97 Å². The second-order valence-corrected chi connectivity index (χ2v) is 4.13. The minimum atomic E-state index is -0.827. The largest absolute Gasteiger partial charge is 0.476 e. The summed E-state index contributed by atoms with van der Waals surface area (Å²) in [6.45, 7) is 5.25. The fraction of sp³-hybridized carbons (Fsp3) is 0.500. The first-order valence-electron chi connectivity index (χ1n) is 6.30. The van der Waals surface area contributed by atoms with Crippen molar-refractivity contribution in [2.24, 2.45) is 0 Å². The van der Waals surface area contributed by atoms with Crippen molar-refractivity contribution in [1.82, 2.24) is 0 Å². The summed E-state index contributed by atoms with van der Waals surface area (Å²) in [4.78, 5) is 11.6. The summed E-state index contributed by atoms with van der Waals surface area (Å²) < 4.78 is 23.9. The predicted octanol–water partition coefficient (Wildman–Crippen LogP) is 2.60. The highest BCUT2D eigenvalue weighted by atomic mass is 19.1. The zero-order valence-electron chi connectivity index (χ0n) is 11.4. The van der Waals surface area contributed by atoms with Crippen LogP contribution in [0.15, 0.2) is 18.2 Å². The molecule has 1 rings (SSSR count). The van der Waals surface area contributed by atoms with E-state index in [1.807, 2.05) is 0 Å². The number of hydrogen-bond donors (Lipinski definition) is 1. The van der Waals surface area contributed by atoms with Crippen LogP contribution in [0.5, 0.6) is 5.75 Å². The molecule has 5 heteroatoms. The molecule has 1 N–H and O–H groups in total. The molecular formula is C14H19FO4. The predicted molar refractivity (Wildman–Crippen MR) is 68.4 cm³/mol. The number of aliphatic hydroxyl groups is 1. The minimum absolute atomic E-state index is 0.0238. The van der Waals surface area contributed by atoms with Gasteiger partial charge in [0.05, 0.1) is 12.7 Å². The molecule has 4 nitrogen and oxygen atoms in total. The van der Waals surface area contributed by atoms with Crippen LogP contribution in [0.1, 0.15) is 38.9 Å². The van der Waals surface area contributed by atoms with Crippen molar-refractivity contribution in [2.45, 2.75) is 39.4 Å². The first-order valence-corrected chi connectivity index (χ1v) is 6.30. The van der Waals surface area contributed by atoms with Crippen LogP contribution in [0.25, 0.3) is 0 Å². The van der Waals surface area contributed by atoms with Crippen LogP contribution < -0.4 is 4.74 Å². The van der Waals surface area contributed by atoms with Gasteiger partial charge in [-0.2, -0.15) is 0 Å². The summed E-state index contributed by atoms with van der Waals surface area (Å²) in [6.07, 6.45) is -1.20. The number of hydrogen-bond acceptors (Lipinski definition) is 4. The third kappa shape index (κ3) is 4.21. The molecule has 1 aromatic rings. The van der Waals surface area contributed by atoms with Gasteiger partial charge in [0.25, 0.3) is 0 Å². The van der Waals surface area contributed by atoms with Crippen LogP contribution >= 0.6 is 0 Å². The van der Waals surface area contributed by atoms with Crippen LogP contribution in [0, 0.1) is 5.82 Å². The molecule has 0 heterocycles. The zero-order chi connectivity index (χ0) is 14.4. The molecule has 19 heavy (non-hydrogen) atoms. The Kier molecular flexibility index (Phi) is 5.76. The van der Waals surface area contributed by atoms with E-state index in [1.54, 1.807) is 26.8 Å². The topological polar surface area (TPSA) is 55.8 Å². The van der Waals surface area contributed by atoms with Gasteiger partial charge in [-0.3, -0.25) is 0 Å². The molecule has 0 aliphatic carbocycles. The lowest BCUT2D eigenvalue weighted by molar-refractivity contribution is -0.151. The number of carbonyl (C=O) groups excluding carboxylic acids is 1. The number of carbonyl (C=O) groups is 1. The highest BCUT2D eigenvalue weighted by molar-refractivity contribution is 5.75. The summed E-state index contributed by atoms with van der Waals surface area (Å²) >= 11 is 0. The normalized spacial score (nSPS) is 13.7. The molecule has 106 valence electrons. The standard InChI is InChI=1S/C14H19FO4/c1-4-12(14(17)18-5-2)19-13-7-6-10(9(3)16)8-11(13)15/h6-9,12,16H,4-5H2,1-3H3. The molecule has 0 bridgehead atoms. The van der Waals surface area contributed by atoms with Gasteiger partial charge in [0, 0.05) is 0 Å². The van der Waals surface area contributed by atoms with E-state index < -0.39 is 24.0 Å². The van der Waals surface area contributed by atoms with E-state index in [0.29, 0.717) is 12.0 Å². The smallest absolute Gasteiger partial charge is 0.347 e. The first kappa shape index (κ1) is 15.4. The molecule has 0 aromatic heterocycles. The Morgan fingerprint density at radius 3 is 2.58 bits per heavy atom. The summed E-state index contributed by atoms with van der Waals surface area (Å²) in [5.41, 5.74) is 0.453. The van der Waals surface area contributed by atoms with E-state index in [0.717, 1.165) is 0 Å². The molecule has 1 aromatic carbocycles. The van der Waals surface area contributed by atoms with Crippen molar-refractivity contribution in [1.29, 1.82) is 0 Å². The van der Waals surface area contributed by atoms with Crippen molar-refractivity contribution < 1.29 is 23.8 Å². The Bertz CT molecular complexity index is 431. The highest BCUT2D eigenvalue weighted by Gasteiger charge is 2.21. The van der Waals surface area contributed by atoms with E-state index in [4.69, 9.17) is 9.47 Å². The molecule has 0 saturated heterocycles. The molecule has 0 aliphatic heterocycles. The van der Waals surface area contributed by atoms with Gasteiger partial charge in [-0.15, -0.1) is 0 Å². The van der Waals surface area contributed by atoms with E-state index >= 15 is 0 Å². The Hall–Kier alpha value is -1.62. The maximum atomic E-state index is 13.8. The number of esters is 1. The van der Waals surface area contributed by atoms with Gasteiger partial charge in [0.15, 0.2) is 17.7 Å². The van der Waals surface area contributed by atoms with Crippen molar-refractivity contribution in [3.8, 4) is 5.75 Å². The summed E-state index contributed by atoms with van der Waals surface area (Å²) in [7, 11) is 0. The van der Waals surface area contributed by atoms with Crippen LogP contribution in [0.2, 0.25) is 0 Å². The molecule has 0 spiro atoms. The molecule has 0 amide bonds. The second-order valence-electron chi connectivity index (χ2n) is 4.13. The van der Waals surface area contributed by atoms with Crippen LogP contribution in [-0.4, -0.2) is 23.8 Å². The van der Waals surface area contributed by atoms with Crippen molar-refractivity contribution in [3.63, 3.8) is 0 Å². The number of rotatable bonds is 6. The van der Waals surface area contributed by atoms with E-state index in [-0.39, 0.29) is 12.4 Å². The van der Waals surface area contributed by atoms with Gasteiger partial charge in [-0.1, -0.05) is 13.0 Å². The van der Waals surface area contributed by atoms with Gasteiger partial charge in [0.2, 0.25) is 0 Å². The summed E-state index contributed by atoms with van der Waals surface area (Å²) in [6, 6.07) is 4.15. The van der Waals surface area contributed by atoms with Gasteiger partial charge in [-0.05, 0) is 38.0 Å². The van der Waals surface area contributed by atoms with Gasteiger partial charge < -0.3 is 14.6 Å². The quantitative estimate of drug-likeness (QED) is 0.807. The molecular weight excluding hydrogens is 251 g/mol. The monoisotopic (exact) mass is 270 g/mol. The molecule has 2 unspecified atom stereocenters. The first-order chi connectivity index (χ1) is 8.99. The molecule has 0 aliphatic rings. The number of halogens is 1. The van der Waals surface area contributed by atoms with Crippen molar-refractivity contribution in [2.75, 3.05) is 6.61 Å². The van der Waals surface area contributed by atoms with Gasteiger partial charge >= 0.3 is 5.97 Å². The lowest BCUT2D eigenvalue weighted by Crippen LogP contribution is -2.29. The average molecular weight is 270 g/mol. The van der Waals surface area contributed by atoms with E-state index in [2.05, 4.69) is 0 Å². The highest BCUT2D eigenvalue weighted by Crippen LogP contribution is 2.23. The van der Waals surface area contributed by atoms with E-state index in [1.165, 1.54) is 12.1 Å². The molecule has 0 saturated carbocycles. The third-order valence-electron chi connectivity index (χ3n) is 2.63. The SMILES string of the molecule is CCOC(=O)C(CC)Oc1ccc(C(C)O)cc1F. The van der Waals surface area contributed by atoms with Crippen LogP contribution in [-0.2, 0) is 9.53 Å². The fourth-order valence-electron chi connectivity index (χ4n) is 1.56. The summed E-state index contributed by atoms with van der Waals surface area (Å²) in [5, 5.41) is 9.34. The minimum Gasteiger partial charge on any atom is -0.476 e. The van der Waals surface area contributed by atoms with Crippen molar-refractivity contribution in [3.05, 3.63) is 29.6 Å². The van der Waals surface area contributed by atoms with Gasteiger partial charge in [0.1, 0.15) is 0 Å². The number of benzene rings is 1. The lowest BCUT2D eigenvalue weighted by atomic mass is 10.1. The Morgan fingerprint density at radius 2 is 2.11 bits per heavy atom. The maximum absolute atomic E-state index is 13.8. The lowest BCUT2D eigenvalue weighted by Gasteiger charge is -2.17.